The molecule has 0 atom stereocenters. The highest BCUT2D eigenvalue weighted by atomic mass is 32.2. The minimum Gasteiger partial charge on any atom is -0.241 e. The molecule has 0 aliphatic carbocycles. The third-order valence-electron chi connectivity index (χ3n) is 3.54. The van der Waals surface area contributed by atoms with E-state index >= 15 is 0 Å². The molecular formula is C16H14FNO2S. The fourth-order valence-corrected chi connectivity index (χ4v) is 3.79. The predicted octanol–water partition coefficient (Wildman–Crippen LogP) is 3.58. The molecule has 0 spiro atoms. The van der Waals surface area contributed by atoms with E-state index in [4.69, 9.17) is 0 Å². The molecule has 0 fully saturated rings. The molecule has 3 nitrogen and oxygen atoms in total. The molecule has 108 valence electrons. The lowest BCUT2D eigenvalue weighted by atomic mass is 10.1. The van der Waals surface area contributed by atoms with Crippen LogP contribution in [-0.4, -0.2) is 12.4 Å². The molecule has 5 heteroatoms. The van der Waals surface area contributed by atoms with Crippen LogP contribution in [0.5, 0.6) is 0 Å². The van der Waals surface area contributed by atoms with Crippen LogP contribution in [0.4, 0.5) is 4.39 Å². The number of nitrogens with zero attached hydrogens (tertiary/aromatic N) is 1. The number of benzene rings is 2. The highest BCUT2D eigenvalue weighted by Gasteiger charge is 2.19. The van der Waals surface area contributed by atoms with Gasteiger partial charge in [-0.1, -0.05) is 19.1 Å². The van der Waals surface area contributed by atoms with Crippen LogP contribution in [0.2, 0.25) is 0 Å². The summed E-state index contributed by atoms with van der Waals surface area (Å²) in [6.07, 6.45) is 2.38. The summed E-state index contributed by atoms with van der Waals surface area (Å²) in [6.45, 7) is 2.03. The average Bonchev–Trinajstić information content (AvgIpc) is 2.92. The fraction of sp³-hybridized carbons (Fsp3) is 0.125. The summed E-state index contributed by atoms with van der Waals surface area (Å²) >= 11 is 0. The highest BCUT2D eigenvalue weighted by molar-refractivity contribution is 7.90. The summed E-state index contributed by atoms with van der Waals surface area (Å²) in [4.78, 5) is 0.0725. The van der Waals surface area contributed by atoms with E-state index in [1.165, 1.54) is 16.1 Å². The minimum atomic E-state index is -3.71. The lowest BCUT2D eigenvalue weighted by Crippen LogP contribution is -2.11. The van der Waals surface area contributed by atoms with Crippen LogP contribution in [0, 0.1) is 5.82 Å². The molecule has 2 aromatic carbocycles. The largest absolute Gasteiger partial charge is 0.268 e. The van der Waals surface area contributed by atoms with Gasteiger partial charge in [0.05, 0.1) is 10.4 Å². The van der Waals surface area contributed by atoms with Crippen LogP contribution >= 0.6 is 0 Å². The van der Waals surface area contributed by atoms with Gasteiger partial charge in [0.2, 0.25) is 0 Å². The summed E-state index contributed by atoms with van der Waals surface area (Å²) in [5.74, 6) is -0.459. The van der Waals surface area contributed by atoms with Crippen LogP contribution < -0.4 is 0 Å². The first-order valence-corrected chi connectivity index (χ1v) is 8.08. The van der Waals surface area contributed by atoms with Gasteiger partial charge in [-0.3, -0.25) is 0 Å². The number of halogens is 1. The zero-order valence-electron chi connectivity index (χ0n) is 11.5. The monoisotopic (exact) mass is 303 g/mol. The second-order valence-electron chi connectivity index (χ2n) is 4.77. The number of hydrogen-bond acceptors (Lipinski definition) is 2. The van der Waals surface area contributed by atoms with Gasteiger partial charge in [-0.2, -0.15) is 0 Å². The van der Waals surface area contributed by atoms with Crippen LogP contribution in [0.25, 0.3) is 10.9 Å². The molecule has 0 aliphatic rings. The molecule has 0 unspecified atom stereocenters. The maximum absolute atomic E-state index is 13.0. The average molecular weight is 303 g/mol. The molecule has 21 heavy (non-hydrogen) atoms. The summed E-state index contributed by atoms with van der Waals surface area (Å²) in [5.41, 5.74) is 1.74. The number of aryl methyl sites for hydroxylation is 1. The van der Waals surface area contributed by atoms with Crippen LogP contribution in [0.15, 0.2) is 59.6 Å². The van der Waals surface area contributed by atoms with E-state index in [0.29, 0.717) is 5.52 Å². The first-order chi connectivity index (χ1) is 10.0. The van der Waals surface area contributed by atoms with Crippen molar-refractivity contribution in [1.29, 1.82) is 0 Å². The van der Waals surface area contributed by atoms with Gasteiger partial charge in [0.15, 0.2) is 0 Å². The van der Waals surface area contributed by atoms with Gasteiger partial charge in [0.25, 0.3) is 10.0 Å². The molecule has 1 heterocycles. The van der Waals surface area contributed by atoms with Crippen molar-refractivity contribution in [1.82, 2.24) is 3.97 Å². The van der Waals surface area contributed by atoms with E-state index in [2.05, 4.69) is 0 Å². The van der Waals surface area contributed by atoms with Crippen molar-refractivity contribution in [3.05, 3.63) is 66.1 Å². The molecular weight excluding hydrogens is 289 g/mol. The Balaban J connectivity index is 2.22. The molecule has 0 aliphatic heterocycles. The van der Waals surface area contributed by atoms with Gasteiger partial charge >= 0.3 is 0 Å². The van der Waals surface area contributed by atoms with Crippen molar-refractivity contribution < 1.29 is 12.8 Å². The fourth-order valence-electron chi connectivity index (χ4n) is 2.44. The van der Waals surface area contributed by atoms with Crippen LogP contribution in [0.1, 0.15) is 12.5 Å². The van der Waals surface area contributed by atoms with E-state index in [9.17, 15) is 12.8 Å². The molecule has 0 saturated heterocycles. The van der Waals surface area contributed by atoms with Crippen molar-refractivity contribution in [2.45, 2.75) is 18.2 Å². The van der Waals surface area contributed by atoms with Gasteiger partial charge in [-0.05, 0) is 48.4 Å². The summed E-state index contributed by atoms with van der Waals surface area (Å²) in [7, 11) is -3.71. The SMILES string of the molecule is CCc1cccc2c1ccn2S(=O)(=O)c1ccc(F)cc1. The Morgan fingerprint density at radius 1 is 1.05 bits per heavy atom. The molecule has 3 rings (SSSR count). The Bertz CT molecular complexity index is 896. The third-order valence-corrected chi connectivity index (χ3v) is 5.24. The quantitative estimate of drug-likeness (QED) is 0.742. The number of hydrogen-bond donors (Lipinski definition) is 0. The Labute approximate surface area is 122 Å². The van der Waals surface area contributed by atoms with Crippen LogP contribution in [-0.2, 0) is 16.4 Å². The smallest absolute Gasteiger partial charge is 0.241 e. The zero-order chi connectivity index (χ0) is 15.0. The van der Waals surface area contributed by atoms with E-state index in [1.54, 1.807) is 18.3 Å². The van der Waals surface area contributed by atoms with Gasteiger partial charge in [-0.15, -0.1) is 0 Å². The topological polar surface area (TPSA) is 39.1 Å². The molecule has 0 radical (unpaired) electrons. The summed E-state index contributed by atoms with van der Waals surface area (Å²) < 4.78 is 39.5. The zero-order valence-corrected chi connectivity index (χ0v) is 12.3. The normalized spacial score (nSPS) is 11.9. The molecule has 3 aromatic rings. The van der Waals surface area contributed by atoms with Gasteiger partial charge in [0, 0.05) is 11.6 Å². The van der Waals surface area contributed by atoms with Crippen molar-refractivity contribution in [3.8, 4) is 0 Å². The molecule has 0 bridgehead atoms. The Morgan fingerprint density at radius 3 is 2.43 bits per heavy atom. The van der Waals surface area contributed by atoms with Crippen molar-refractivity contribution >= 4 is 20.9 Å². The lowest BCUT2D eigenvalue weighted by Gasteiger charge is -2.08. The van der Waals surface area contributed by atoms with Gasteiger partial charge in [-0.25, -0.2) is 16.8 Å². The highest BCUT2D eigenvalue weighted by Crippen LogP contribution is 2.25. The van der Waals surface area contributed by atoms with E-state index in [1.807, 2.05) is 19.1 Å². The minimum absolute atomic E-state index is 0.0725. The number of aromatic nitrogens is 1. The van der Waals surface area contributed by atoms with Crippen LogP contribution in [0.3, 0.4) is 0 Å². The second kappa shape index (κ2) is 5.00. The van der Waals surface area contributed by atoms with Gasteiger partial charge in [0.1, 0.15) is 5.82 Å². The maximum atomic E-state index is 13.0. The summed E-state index contributed by atoms with van der Waals surface area (Å²) in [5, 5.41) is 0.922. The lowest BCUT2D eigenvalue weighted by molar-refractivity contribution is 0.588. The number of rotatable bonds is 3. The third kappa shape index (κ3) is 2.23. The summed E-state index contributed by atoms with van der Waals surface area (Å²) in [6, 6.07) is 12.3. The Morgan fingerprint density at radius 2 is 1.76 bits per heavy atom. The first-order valence-electron chi connectivity index (χ1n) is 6.64. The number of fused-ring (bicyclic) bond motifs is 1. The molecule has 0 saturated carbocycles. The first kappa shape index (κ1) is 13.8. The van der Waals surface area contributed by atoms with Gasteiger partial charge < -0.3 is 0 Å². The standard InChI is InChI=1S/C16H14FNO2S/c1-2-12-4-3-5-16-15(12)10-11-18(16)21(19,20)14-8-6-13(17)7-9-14/h3-11H,2H2,1H3. The van der Waals surface area contributed by atoms with E-state index in [-0.39, 0.29) is 4.90 Å². The van der Waals surface area contributed by atoms with E-state index < -0.39 is 15.8 Å². The predicted molar refractivity (Wildman–Crippen MR) is 80.3 cm³/mol. The molecule has 0 amide bonds. The Hall–Kier alpha value is -2.14. The van der Waals surface area contributed by atoms with Crippen molar-refractivity contribution in [2.75, 3.05) is 0 Å². The van der Waals surface area contributed by atoms with E-state index in [0.717, 1.165) is 29.5 Å². The molecule has 1 aromatic heterocycles. The maximum Gasteiger partial charge on any atom is 0.268 e. The second-order valence-corrected chi connectivity index (χ2v) is 6.59. The Kier molecular flexibility index (Phi) is 3.29. The van der Waals surface area contributed by atoms with Crippen molar-refractivity contribution in [3.63, 3.8) is 0 Å². The molecule has 0 N–H and O–H groups in total. The van der Waals surface area contributed by atoms with Crippen molar-refractivity contribution in [2.24, 2.45) is 0 Å².